The zero-order chi connectivity index (χ0) is 31.2. The molecule has 0 radical (unpaired) electrons. The highest BCUT2D eigenvalue weighted by Crippen LogP contribution is 2.48. The van der Waals surface area contributed by atoms with E-state index in [-0.39, 0.29) is 35.0 Å². The van der Waals surface area contributed by atoms with Gasteiger partial charge in [0.05, 0.1) is 17.2 Å². The lowest BCUT2D eigenvalue weighted by molar-refractivity contribution is 0.107. The summed E-state index contributed by atoms with van der Waals surface area (Å²) in [7, 11) is 0. The van der Waals surface area contributed by atoms with E-state index in [1.54, 1.807) is 18.2 Å². The van der Waals surface area contributed by atoms with Gasteiger partial charge in [0.1, 0.15) is 29.9 Å². The number of phenols is 1. The molecule has 8 nitrogen and oxygen atoms in total. The van der Waals surface area contributed by atoms with E-state index in [0.717, 1.165) is 61.4 Å². The average Bonchev–Trinajstić information content (AvgIpc) is 3.65. The van der Waals surface area contributed by atoms with Crippen LogP contribution >= 0.6 is 0 Å². The Hall–Kier alpha value is -4.07. The number of aromatic hydroxyl groups is 1. The largest absolute Gasteiger partial charge is 0.508 e. The van der Waals surface area contributed by atoms with Gasteiger partial charge in [-0.05, 0) is 91.1 Å². The average molecular weight is 623 g/mol. The number of phenolic OH excluding ortho intramolecular Hbond substituents is 1. The monoisotopic (exact) mass is 622 g/mol. The first kappa shape index (κ1) is 28.2. The molecule has 4 aromatic rings. The van der Waals surface area contributed by atoms with Crippen molar-refractivity contribution in [3.8, 4) is 29.0 Å². The molecule has 5 heterocycles. The Labute approximate surface area is 266 Å². The fourth-order valence-electron chi connectivity index (χ4n) is 8.84. The maximum Gasteiger partial charge on any atom is 0.319 e. The minimum absolute atomic E-state index is 0.00521. The molecule has 4 saturated heterocycles. The van der Waals surface area contributed by atoms with Gasteiger partial charge >= 0.3 is 6.01 Å². The highest BCUT2D eigenvalue weighted by Gasteiger charge is 2.49. The first-order chi connectivity index (χ1) is 22.4. The standard InChI is InChI=1S/C36H36F2N6O2/c37-23-14-36(9-2-10-44(36)16-23)19-46-35-41-33-29(34(42-35)43-17-24-7-8-25(18-43)40-24)12-22(15-39)31(32(33)38)28-13-26(45)11-21-3-1-4-27(30(21)28)20-5-6-20/h1,3-4,11-13,20,23-25,40,45H,2,5-10,14,16-19H2/t23?,24?,25?,36-/m0/s1. The van der Waals surface area contributed by atoms with Gasteiger partial charge in [-0.25, -0.2) is 8.78 Å². The third kappa shape index (κ3) is 4.50. The molecule has 5 fully saturated rings. The first-order valence-electron chi connectivity index (χ1n) is 16.6. The second kappa shape index (κ2) is 10.5. The van der Waals surface area contributed by atoms with Crippen molar-refractivity contribution >= 4 is 27.5 Å². The molecule has 1 saturated carbocycles. The summed E-state index contributed by atoms with van der Waals surface area (Å²) >= 11 is 0. The summed E-state index contributed by atoms with van der Waals surface area (Å²) < 4.78 is 38.1. The number of rotatable bonds is 6. The SMILES string of the molecule is N#Cc1cc2c(N3CC4CCC(C3)N4)nc(OC[C@@]34CCCN3CC(F)C4)nc2c(F)c1-c1cc(O)cc2cccc(C3CC3)c12. The number of anilines is 1. The molecule has 4 aliphatic heterocycles. The topological polar surface area (TPSA) is 97.5 Å². The fraction of sp³-hybridized carbons (Fsp3) is 0.472. The second-order valence-electron chi connectivity index (χ2n) is 14.1. The number of nitrogens with one attached hydrogen (secondary N) is 1. The Morgan fingerprint density at radius 3 is 2.70 bits per heavy atom. The van der Waals surface area contributed by atoms with Gasteiger partial charge in [-0.15, -0.1) is 0 Å². The summed E-state index contributed by atoms with van der Waals surface area (Å²) in [5, 5.41) is 27.0. The minimum Gasteiger partial charge on any atom is -0.508 e. The van der Waals surface area contributed by atoms with E-state index in [2.05, 4.69) is 32.2 Å². The maximum atomic E-state index is 17.2. The van der Waals surface area contributed by atoms with Crippen LogP contribution in [0.15, 0.2) is 36.4 Å². The Morgan fingerprint density at radius 2 is 1.91 bits per heavy atom. The van der Waals surface area contributed by atoms with Crippen LogP contribution in [0.1, 0.15) is 62.0 Å². The number of nitrogens with zero attached hydrogens (tertiary/aromatic N) is 5. The van der Waals surface area contributed by atoms with Gasteiger partial charge in [0.2, 0.25) is 0 Å². The van der Waals surface area contributed by atoms with Crippen LogP contribution in [-0.4, -0.2) is 76.6 Å². The van der Waals surface area contributed by atoms with E-state index in [1.807, 2.05) is 12.1 Å². The summed E-state index contributed by atoms with van der Waals surface area (Å²) in [5.74, 6) is 0.288. The number of nitriles is 1. The number of aromatic nitrogens is 2. The molecular formula is C36H36F2N6O2. The van der Waals surface area contributed by atoms with Crippen molar-refractivity contribution in [2.75, 3.05) is 37.7 Å². The van der Waals surface area contributed by atoms with Crippen molar-refractivity contribution < 1.29 is 18.6 Å². The Morgan fingerprint density at radius 1 is 1.09 bits per heavy atom. The van der Waals surface area contributed by atoms with Gasteiger partial charge in [0.15, 0.2) is 5.82 Å². The first-order valence-corrected chi connectivity index (χ1v) is 16.6. The number of hydrogen-bond acceptors (Lipinski definition) is 8. The number of fused-ring (bicyclic) bond motifs is 5. The van der Waals surface area contributed by atoms with E-state index < -0.39 is 17.5 Å². The van der Waals surface area contributed by atoms with Gasteiger partial charge < -0.3 is 20.1 Å². The van der Waals surface area contributed by atoms with Crippen molar-refractivity contribution in [3.05, 3.63) is 53.3 Å². The lowest BCUT2D eigenvalue weighted by atomic mass is 9.89. The van der Waals surface area contributed by atoms with Gasteiger partial charge in [-0.1, -0.05) is 18.2 Å². The van der Waals surface area contributed by atoms with Crippen molar-refractivity contribution in [1.29, 1.82) is 5.26 Å². The normalized spacial score (nSPS) is 27.4. The van der Waals surface area contributed by atoms with Crippen LogP contribution in [-0.2, 0) is 0 Å². The smallest absolute Gasteiger partial charge is 0.319 e. The molecule has 1 aromatic heterocycles. The van der Waals surface area contributed by atoms with Crippen LogP contribution in [0.4, 0.5) is 14.6 Å². The number of piperazine rings is 1. The molecule has 46 heavy (non-hydrogen) atoms. The van der Waals surface area contributed by atoms with Gasteiger partial charge in [-0.2, -0.15) is 15.2 Å². The van der Waals surface area contributed by atoms with E-state index in [4.69, 9.17) is 9.72 Å². The van der Waals surface area contributed by atoms with Gasteiger partial charge in [-0.3, -0.25) is 4.90 Å². The minimum atomic E-state index is -0.893. The van der Waals surface area contributed by atoms with Crippen LogP contribution in [0.3, 0.4) is 0 Å². The second-order valence-corrected chi connectivity index (χ2v) is 14.1. The van der Waals surface area contributed by atoms with Crippen molar-refractivity contribution in [2.24, 2.45) is 0 Å². The molecule has 1 aliphatic carbocycles. The molecule has 236 valence electrons. The lowest BCUT2D eigenvalue weighted by Gasteiger charge is -2.34. The van der Waals surface area contributed by atoms with Gasteiger partial charge in [0.25, 0.3) is 0 Å². The number of hydrogen-bond donors (Lipinski definition) is 2. The zero-order valence-electron chi connectivity index (χ0n) is 25.6. The van der Waals surface area contributed by atoms with Crippen LogP contribution < -0.4 is 15.0 Å². The van der Waals surface area contributed by atoms with E-state index in [9.17, 15) is 14.8 Å². The number of benzene rings is 3. The summed E-state index contributed by atoms with van der Waals surface area (Å²) in [5.41, 5.74) is 1.55. The lowest BCUT2D eigenvalue weighted by Crippen LogP contribution is -2.51. The van der Waals surface area contributed by atoms with Crippen LogP contribution in [0, 0.1) is 17.1 Å². The highest BCUT2D eigenvalue weighted by molar-refractivity contribution is 6.05. The Bertz CT molecular complexity index is 1930. The Balaban J connectivity index is 1.23. The number of ether oxygens (including phenoxy) is 1. The summed E-state index contributed by atoms with van der Waals surface area (Å²) in [6.45, 7) is 2.89. The summed E-state index contributed by atoms with van der Waals surface area (Å²) in [4.78, 5) is 13.9. The van der Waals surface area contributed by atoms with Gasteiger partial charge in [0, 0.05) is 49.1 Å². The predicted molar refractivity (Wildman–Crippen MR) is 171 cm³/mol. The molecule has 2 N–H and O–H groups in total. The number of halogens is 2. The molecule has 0 amide bonds. The molecule has 0 spiro atoms. The molecule has 9 rings (SSSR count). The van der Waals surface area contributed by atoms with E-state index in [0.29, 0.717) is 60.8 Å². The zero-order valence-corrected chi connectivity index (χ0v) is 25.6. The maximum absolute atomic E-state index is 17.2. The molecule has 3 unspecified atom stereocenters. The quantitative estimate of drug-likeness (QED) is 0.273. The fourth-order valence-corrected chi connectivity index (χ4v) is 8.84. The van der Waals surface area contributed by atoms with Crippen LogP contribution in [0.2, 0.25) is 0 Å². The van der Waals surface area contributed by atoms with Crippen LogP contribution in [0.25, 0.3) is 32.8 Å². The number of alkyl halides is 1. The third-order valence-corrected chi connectivity index (χ3v) is 11.0. The highest BCUT2D eigenvalue weighted by atomic mass is 19.1. The molecule has 3 aromatic carbocycles. The van der Waals surface area contributed by atoms with Crippen molar-refractivity contribution in [1.82, 2.24) is 20.2 Å². The summed E-state index contributed by atoms with van der Waals surface area (Å²) in [6.07, 6.45) is 5.57. The van der Waals surface area contributed by atoms with Crippen molar-refractivity contribution in [2.45, 2.75) is 74.7 Å². The molecule has 4 atom stereocenters. The predicted octanol–water partition coefficient (Wildman–Crippen LogP) is 5.94. The van der Waals surface area contributed by atoms with Crippen molar-refractivity contribution in [3.63, 3.8) is 0 Å². The molecule has 5 aliphatic rings. The van der Waals surface area contributed by atoms with E-state index in [1.165, 1.54) is 0 Å². The van der Waals surface area contributed by atoms with E-state index >= 15 is 4.39 Å². The molecule has 10 heteroatoms. The summed E-state index contributed by atoms with van der Waals surface area (Å²) in [6, 6.07) is 13.8. The van der Waals surface area contributed by atoms with Crippen LogP contribution in [0.5, 0.6) is 11.8 Å². The third-order valence-electron chi connectivity index (χ3n) is 11.0. The molecule has 2 bridgehead atoms. The molecular weight excluding hydrogens is 586 g/mol. The Kier molecular flexibility index (Phi) is 6.42.